The van der Waals surface area contributed by atoms with E-state index >= 15 is 0 Å². The monoisotopic (exact) mass is 196 g/mol. The highest BCUT2D eigenvalue weighted by Crippen LogP contribution is 2.25. The van der Waals surface area contributed by atoms with E-state index in [0.717, 1.165) is 5.92 Å². The van der Waals surface area contributed by atoms with E-state index in [4.69, 9.17) is 0 Å². The van der Waals surface area contributed by atoms with Crippen LogP contribution in [0.2, 0.25) is 0 Å². The van der Waals surface area contributed by atoms with Gasteiger partial charge in [0.2, 0.25) is 0 Å². The Morgan fingerprint density at radius 3 is 2.00 bits per heavy atom. The highest BCUT2D eigenvalue weighted by atomic mass is 14.1. The van der Waals surface area contributed by atoms with Crippen molar-refractivity contribution in [3.8, 4) is 0 Å². The zero-order valence-corrected chi connectivity index (χ0v) is 10.8. The predicted octanol–water partition coefficient (Wildman–Crippen LogP) is 5.34. The summed E-state index contributed by atoms with van der Waals surface area (Å²) in [5, 5.41) is 0. The fraction of sp³-hybridized carbons (Fsp3) is 0.857. The molecule has 14 heavy (non-hydrogen) atoms. The number of hydrogen-bond acceptors (Lipinski definition) is 0. The van der Waals surface area contributed by atoms with Gasteiger partial charge in [-0.25, -0.2) is 0 Å². The molecule has 0 saturated carbocycles. The Hall–Kier alpha value is -0.260. The van der Waals surface area contributed by atoms with E-state index in [1.165, 1.54) is 38.5 Å². The van der Waals surface area contributed by atoms with Crippen molar-refractivity contribution in [2.45, 2.75) is 73.1 Å². The first kappa shape index (κ1) is 13.7. The summed E-state index contributed by atoms with van der Waals surface area (Å²) < 4.78 is 0. The normalized spacial score (nSPS) is 12.6. The molecule has 0 saturated heterocycles. The molecule has 0 nitrogen and oxygen atoms in total. The maximum Gasteiger partial charge on any atom is -0.0289 e. The molecule has 0 heterocycles. The van der Waals surface area contributed by atoms with E-state index in [1.807, 2.05) is 0 Å². The van der Waals surface area contributed by atoms with Crippen molar-refractivity contribution in [2.24, 2.45) is 5.92 Å². The van der Waals surface area contributed by atoms with Crippen LogP contribution in [-0.4, -0.2) is 0 Å². The van der Waals surface area contributed by atoms with Gasteiger partial charge in [-0.1, -0.05) is 57.6 Å². The third kappa shape index (κ3) is 5.47. The topological polar surface area (TPSA) is 0 Å². The minimum absolute atomic E-state index is 0.927. The van der Waals surface area contributed by atoms with Crippen LogP contribution in [0.4, 0.5) is 0 Å². The Kier molecular flexibility index (Phi) is 7.93. The number of allylic oxidation sites excluding steroid dienone is 2. The summed E-state index contributed by atoms with van der Waals surface area (Å²) in [6, 6.07) is 0. The molecule has 0 heteroatoms. The van der Waals surface area contributed by atoms with Crippen molar-refractivity contribution in [1.82, 2.24) is 0 Å². The third-order valence-electron chi connectivity index (χ3n) is 3.07. The number of rotatable bonds is 7. The Labute approximate surface area is 90.8 Å². The molecule has 0 aliphatic heterocycles. The van der Waals surface area contributed by atoms with Crippen LogP contribution in [-0.2, 0) is 0 Å². The average Bonchev–Trinajstić information content (AvgIpc) is 2.15. The molecule has 0 rings (SSSR count). The van der Waals surface area contributed by atoms with Crippen LogP contribution < -0.4 is 0 Å². The van der Waals surface area contributed by atoms with Gasteiger partial charge in [0.05, 0.1) is 0 Å². The van der Waals surface area contributed by atoms with E-state index in [0.29, 0.717) is 0 Å². The first-order valence-electron chi connectivity index (χ1n) is 6.30. The van der Waals surface area contributed by atoms with Crippen LogP contribution in [0.5, 0.6) is 0 Å². The predicted molar refractivity (Wildman–Crippen MR) is 66.6 cm³/mol. The minimum Gasteiger partial charge on any atom is -0.0772 e. The molecule has 0 spiro atoms. The Balaban J connectivity index is 4.20. The molecule has 0 aromatic rings. The molecule has 0 N–H and O–H groups in total. The lowest BCUT2D eigenvalue weighted by atomic mass is 9.89. The Morgan fingerprint density at radius 1 is 1.00 bits per heavy atom. The smallest absolute Gasteiger partial charge is 0.0289 e. The molecule has 0 radical (unpaired) electrons. The van der Waals surface area contributed by atoms with Gasteiger partial charge in [0.1, 0.15) is 0 Å². The van der Waals surface area contributed by atoms with E-state index in [9.17, 15) is 0 Å². The lowest BCUT2D eigenvalue weighted by Crippen LogP contribution is -2.01. The van der Waals surface area contributed by atoms with Crippen molar-refractivity contribution in [3.05, 3.63) is 11.1 Å². The molecular weight excluding hydrogens is 168 g/mol. The molecular formula is C14H28. The van der Waals surface area contributed by atoms with Gasteiger partial charge < -0.3 is 0 Å². The SMILES string of the molecule is CCCC(CC(CC)CCC)=C(C)C. The summed E-state index contributed by atoms with van der Waals surface area (Å²) in [7, 11) is 0. The van der Waals surface area contributed by atoms with Crippen LogP contribution in [0.15, 0.2) is 11.1 Å². The Morgan fingerprint density at radius 2 is 1.64 bits per heavy atom. The molecule has 0 fully saturated rings. The quantitative estimate of drug-likeness (QED) is 0.482. The van der Waals surface area contributed by atoms with Gasteiger partial charge in [-0.2, -0.15) is 0 Å². The maximum absolute atomic E-state index is 2.33. The Bertz CT molecular complexity index is 161. The van der Waals surface area contributed by atoms with Gasteiger partial charge in [0.25, 0.3) is 0 Å². The van der Waals surface area contributed by atoms with Gasteiger partial charge in [-0.05, 0) is 32.6 Å². The van der Waals surface area contributed by atoms with Gasteiger partial charge >= 0.3 is 0 Å². The van der Waals surface area contributed by atoms with Crippen LogP contribution in [0.1, 0.15) is 73.1 Å². The van der Waals surface area contributed by atoms with Gasteiger partial charge in [0, 0.05) is 0 Å². The van der Waals surface area contributed by atoms with Gasteiger partial charge in [-0.15, -0.1) is 0 Å². The highest BCUT2D eigenvalue weighted by Gasteiger charge is 2.08. The molecule has 1 atom stereocenters. The van der Waals surface area contributed by atoms with Gasteiger partial charge in [-0.3, -0.25) is 0 Å². The van der Waals surface area contributed by atoms with E-state index < -0.39 is 0 Å². The maximum atomic E-state index is 2.33. The molecule has 84 valence electrons. The summed E-state index contributed by atoms with van der Waals surface area (Å²) in [5.41, 5.74) is 3.27. The van der Waals surface area contributed by atoms with Crippen molar-refractivity contribution in [1.29, 1.82) is 0 Å². The fourth-order valence-corrected chi connectivity index (χ4v) is 2.07. The third-order valence-corrected chi connectivity index (χ3v) is 3.07. The van der Waals surface area contributed by atoms with Crippen molar-refractivity contribution in [3.63, 3.8) is 0 Å². The van der Waals surface area contributed by atoms with Crippen LogP contribution in [0.25, 0.3) is 0 Å². The lowest BCUT2D eigenvalue weighted by Gasteiger charge is -2.17. The largest absolute Gasteiger partial charge is 0.0772 e. The molecule has 0 aromatic carbocycles. The van der Waals surface area contributed by atoms with Crippen molar-refractivity contribution < 1.29 is 0 Å². The standard InChI is InChI=1S/C14H28/c1-6-9-13(8-3)11-14(10-7-2)12(4)5/h13H,6-11H2,1-5H3. The molecule has 0 aromatic heterocycles. The first-order chi connectivity index (χ1) is 6.65. The highest BCUT2D eigenvalue weighted by molar-refractivity contribution is 5.10. The molecule has 0 aliphatic carbocycles. The second kappa shape index (κ2) is 8.08. The number of hydrogen-bond donors (Lipinski definition) is 0. The summed E-state index contributed by atoms with van der Waals surface area (Å²) in [5.74, 6) is 0.927. The second-order valence-corrected chi connectivity index (χ2v) is 4.62. The lowest BCUT2D eigenvalue weighted by molar-refractivity contribution is 0.453. The first-order valence-corrected chi connectivity index (χ1v) is 6.30. The van der Waals surface area contributed by atoms with E-state index in [1.54, 1.807) is 11.1 Å². The summed E-state index contributed by atoms with van der Waals surface area (Å²) in [6.07, 6.45) is 8.03. The fourth-order valence-electron chi connectivity index (χ4n) is 2.07. The van der Waals surface area contributed by atoms with E-state index in [2.05, 4.69) is 34.6 Å². The van der Waals surface area contributed by atoms with Crippen molar-refractivity contribution >= 4 is 0 Å². The van der Waals surface area contributed by atoms with Crippen LogP contribution in [0.3, 0.4) is 0 Å². The molecule has 0 bridgehead atoms. The zero-order chi connectivity index (χ0) is 11.0. The van der Waals surface area contributed by atoms with Crippen molar-refractivity contribution in [2.75, 3.05) is 0 Å². The summed E-state index contributed by atoms with van der Waals surface area (Å²) in [6.45, 7) is 11.4. The van der Waals surface area contributed by atoms with Gasteiger partial charge in [0.15, 0.2) is 0 Å². The van der Waals surface area contributed by atoms with Crippen LogP contribution in [0, 0.1) is 5.92 Å². The van der Waals surface area contributed by atoms with Crippen LogP contribution >= 0.6 is 0 Å². The molecule has 0 amide bonds. The minimum atomic E-state index is 0.927. The van der Waals surface area contributed by atoms with E-state index in [-0.39, 0.29) is 0 Å². The summed E-state index contributed by atoms with van der Waals surface area (Å²) in [4.78, 5) is 0. The zero-order valence-electron chi connectivity index (χ0n) is 10.8. The second-order valence-electron chi connectivity index (χ2n) is 4.62. The molecule has 1 unspecified atom stereocenters. The molecule has 0 aliphatic rings. The average molecular weight is 196 g/mol. The summed E-state index contributed by atoms with van der Waals surface area (Å²) >= 11 is 0.